The van der Waals surface area contributed by atoms with Crippen molar-refractivity contribution in [3.05, 3.63) is 0 Å². The van der Waals surface area contributed by atoms with Gasteiger partial charge in [0.1, 0.15) is 6.61 Å². The zero-order valence-electron chi connectivity index (χ0n) is 6.75. The second-order valence-corrected chi connectivity index (χ2v) is 1.90. The molecular weight excluding hydrogens is 148 g/mol. The fraction of sp³-hybridized carbons (Fsp3) is 0.714. The van der Waals surface area contributed by atoms with Crippen molar-refractivity contribution < 1.29 is 19.1 Å². The van der Waals surface area contributed by atoms with Gasteiger partial charge in [-0.3, -0.25) is 9.59 Å². The summed E-state index contributed by atoms with van der Waals surface area (Å²) in [6.07, 6.45) is 0.132. The van der Waals surface area contributed by atoms with Gasteiger partial charge in [0, 0.05) is 6.92 Å². The average molecular weight is 160 g/mol. The van der Waals surface area contributed by atoms with Crippen molar-refractivity contribution in [1.82, 2.24) is 0 Å². The monoisotopic (exact) mass is 160 g/mol. The van der Waals surface area contributed by atoms with Crippen LogP contribution in [0.4, 0.5) is 0 Å². The Morgan fingerprint density at radius 1 is 1.27 bits per heavy atom. The van der Waals surface area contributed by atoms with E-state index in [0.29, 0.717) is 6.61 Å². The maximum atomic E-state index is 10.6. The highest BCUT2D eigenvalue weighted by Gasteiger charge is 2.01. The minimum Gasteiger partial charge on any atom is -0.466 e. The van der Waals surface area contributed by atoms with Gasteiger partial charge in [-0.2, -0.15) is 0 Å². The van der Waals surface area contributed by atoms with Crippen LogP contribution in [0, 0.1) is 0 Å². The van der Waals surface area contributed by atoms with Gasteiger partial charge in [0.25, 0.3) is 0 Å². The quantitative estimate of drug-likeness (QED) is 0.562. The molecule has 0 unspecified atom stereocenters. The van der Waals surface area contributed by atoms with Crippen LogP contribution in [0.2, 0.25) is 0 Å². The summed E-state index contributed by atoms with van der Waals surface area (Å²) in [5.41, 5.74) is 0. The van der Waals surface area contributed by atoms with Gasteiger partial charge in [-0.15, -0.1) is 0 Å². The fourth-order valence-corrected chi connectivity index (χ4v) is 0.511. The highest BCUT2D eigenvalue weighted by atomic mass is 16.5. The van der Waals surface area contributed by atoms with Crippen LogP contribution in [0.1, 0.15) is 20.3 Å². The molecule has 64 valence electrons. The Hall–Kier alpha value is -1.06. The van der Waals surface area contributed by atoms with E-state index in [2.05, 4.69) is 9.47 Å². The molecule has 0 aliphatic rings. The standard InChI is InChI=1S/C7H12O4/c1-3-10-7(9)4-5-11-6(2)8/h3-5H2,1-2H3. The van der Waals surface area contributed by atoms with Crippen LogP contribution in [0.3, 0.4) is 0 Å². The van der Waals surface area contributed by atoms with Crippen LogP contribution in [0.15, 0.2) is 0 Å². The Kier molecular flexibility index (Phi) is 5.15. The summed E-state index contributed by atoms with van der Waals surface area (Å²) in [6.45, 7) is 3.49. The van der Waals surface area contributed by atoms with Crippen molar-refractivity contribution in [3.8, 4) is 0 Å². The van der Waals surface area contributed by atoms with Gasteiger partial charge in [-0.1, -0.05) is 0 Å². The van der Waals surface area contributed by atoms with E-state index in [1.807, 2.05) is 0 Å². The first-order valence-electron chi connectivity index (χ1n) is 3.45. The van der Waals surface area contributed by atoms with Crippen molar-refractivity contribution in [2.75, 3.05) is 13.2 Å². The fourth-order valence-electron chi connectivity index (χ4n) is 0.511. The molecule has 0 radical (unpaired) electrons. The van der Waals surface area contributed by atoms with E-state index in [4.69, 9.17) is 0 Å². The van der Waals surface area contributed by atoms with Gasteiger partial charge in [0.15, 0.2) is 0 Å². The highest BCUT2D eigenvalue weighted by molar-refractivity contribution is 5.70. The van der Waals surface area contributed by atoms with Crippen LogP contribution in [-0.4, -0.2) is 25.2 Å². The van der Waals surface area contributed by atoms with E-state index in [9.17, 15) is 9.59 Å². The third-order valence-corrected chi connectivity index (χ3v) is 0.917. The molecule has 4 nitrogen and oxygen atoms in total. The Labute approximate surface area is 65.5 Å². The number of carbonyl (C=O) groups excluding carboxylic acids is 2. The molecule has 0 heterocycles. The number of esters is 2. The molecule has 0 bridgehead atoms. The molecule has 0 atom stereocenters. The third-order valence-electron chi connectivity index (χ3n) is 0.917. The zero-order valence-corrected chi connectivity index (χ0v) is 6.75. The molecule has 0 aliphatic carbocycles. The van der Waals surface area contributed by atoms with E-state index >= 15 is 0 Å². The minimum absolute atomic E-state index is 0.105. The maximum absolute atomic E-state index is 10.6. The molecule has 0 aromatic heterocycles. The maximum Gasteiger partial charge on any atom is 0.309 e. The first-order chi connectivity index (χ1) is 5.16. The summed E-state index contributed by atoms with van der Waals surface area (Å²) in [5, 5.41) is 0. The first-order valence-corrected chi connectivity index (χ1v) is 3.45. The summed E-state index contributed by atoms with van der Waals surface area (Å²) in [4.78, 5) is 20.8. The molecular formula is C7H12O4. The van der Waals surface area contributed by atoms with E-state index in [1.165, 1.54) is 6.92 Å². The van der Waals surface area contributed by atoms with E-state index in [-0.39, 0.29) is 25.0 Å². The van der Waals surface area contributed by atoms with Gasteiger partial charge in [0.05, 0.1) is 13.0 Å². The van der Waals surface area contributed by atoms with Crippen LogP contribution in [0.5, 0.6) is 0 Å². The lowest BCUT2D eigenvalue weighted by molar-refractivity contribution is -0.147. The predicted octanol–water partition coefficient (Wildman–Crippen LogP) is 0.503. The Morgan fingerprint density at radius 3 is 2.36 bits per heavy atom. The molecule has 11 heavy (non-hydrogen) atoms. The number of hydrogen-bond donors (Lipinski definition) is 0. The van der Waals surface area contributed by atoms with Crippen molar-refractivity contribution >= 4 is 11.9 Å². The average Bonchev–Trinajstić information content (AvgIpc) is 1.87. The lowest BCUT2D eigenvalue weighted by atomic mass is 10.5. The second kappa shape index (κ2) is 5.70. The van der Waals surface area contributed by atoms with E-state index < -0.39 is 0 Å². The van der Waals surface area contributed by atoms with Gasteiger partial charge in [-0.05, 0) is 6.92 Å². The van der Waals surface area contributed by atoms with E-state index in [1.54, 1.807) is 6.92 Å². The van der Waals surface area contributed by atoms with Crippen LogP contribution in [-0.2, 0) is 19.1 Å². The highest BCUT2D eigenvalue weighted by Crippen LogP contribution is 1.87. The molecule has 0 fully saturated rings. The van der Waals surface area contributed by atoms with Gasteiger partial charge >= 0.3 is 11.9 Å². The van der Waals surface area contributed by atoms with Crippen molar-refractivity contribution in [3.63, 3.8) is 0 Å². The molecule has 0 rings (SSSR count). The van der Waals surface area contributed by atoms with Crippen LogP contribution in [0.25, 0.3) is 0 Å². The lowest BCUT2D eigenvalue weighted by Gasteiger charge is -2.01. The lowest BCUT2D eigenvalue weighted by Crippen LogP contribution is -2.09. The van der Waals surface area contributed by atoms with Crippen molar-refractivity contribution in [2.45, 2.75) is 20.3 Å². The molecule has 0 saturated carbocycles. The van der Waals surface area contributed by atoms with Gasteiger partial charge in [-0.25, -0.2) is 0 Å². The molecule has 0 saturated heterocycles. The Balaban J connectivity index is 3.24. The molecule has 0 amide bonds. The second-order valence-electron chi connectivity index (χ2n) is 1.90. The van der Waals surface area contributed by atoms with Gasteiger partial charge in [0.2, 0.25) is 0 Å². The van der Waals surface area contributed by atoms with E-state index in [0.717, 1.165) is 0 Å². The summed E-state index contributed by atoms with van der Waals surface area (Å²) in [7, 11) is 0. The van der Waals surface area contributed by atoms with Crippen LogP contribution >= 0.6 is 0 Å². The SMILES string of the molecule is CCOC(=O)CCOC(C)=O. The molecule has 0 aromatic carbocycles. The number of rotatable bonds is 4. The molecule has 0 spiro atoms. The van der Waals surface area contributed by atoms with Crippen molar-refractivity contribution in [2.24, 2.45) is 0 Å². The smallest absolute Gasteiger partial charge is 0.309 e. The molecule has 0 aromatic rings. The summed E-state index contributed by atoms with van der Waals surface area (Å²) >= 11 is 0. The number of ether oxygens (including phenoxy) is 2. The van der Waals surface area contributed by atoms with Crippen LogP contribution < -0.4 is 0 Å². The number of hydrogen-bond acceptors (Lipinski definition) is 4. The Morgan fingerprint density at radius 2 is 1.91 bits per heavy atom. The summed E-state index contributed by atoms with van der Waals surface area (Å²) in [5.74, 6) is -0.719. The molecule has 0 N–H and O–H groups in total. The normalized spacial score (nSPS) is 8.91. The first kappa shape index (κ1) is 9.94. The topological polar surface area (TPSA) is 52.6 Å². The van der Waals surface area contributed by atoms with Gasteiger partial charge < -0.3 is 9.47 Å². The van der Waals surface area contributed by atoms with Crippen molar-refractivity contribution in [1.29, 1.82) is 0 Å². The minimum atomic E-state index is -0.380. The third kappa shape index (κ3) is 6.83. The molecule has 0 aliphatic heterocycles. The summed E-state index contributed by atoms with van der Waals surface area (Å²) in [6, 6.07) is 0. The Bertz CT molecular complexity index is 141. The largest absolute Gasteiger partial charge is 0.466 e. The zero-order chi connectivity index (χ0) is 8.69. The predicted molar refractivity (Wildman–Crippen MR) is 37.9 cm³/mol. The molecule has 4 heteroatoms. The summed E-state index contributed by atoms with van der Waals surface area (Å²) < 4.78 is 9.11. The number of carbonyl (C=O) groups is 2.